The minimum absolute atomic E-state index is 0. The number of piperidine rings is 1. The molecule has 25 heavy (non-hydrogen) atoms. The van der Waals surface area contributed by atoms with Crippen molar-refractivity contribution in [2.24, 2.45) is 5.41 Å². The Balaban J connectivity index is 0.00000312. The van der Waals surface area contributed by atoms with Crippen molar-refractivity contribution in [3.05, 3.63) is 30.3 Å². The summed E-state index contributed by atoms with van der Waals surface area (Å²) < 4.78 is 0. The number of rotatable bonds is 5. The highest BCUT2D eigenvalue weighted by Crippen LogP contribution is 2.26. The molecule has 0 saturated carbocycles. The van der Waals surface area contributed by atoms with Gasteiger partial charge in [-0.2, -0.15) is 0 Å². The van der Waals surface area contributed by atoms with E-state index in [1.54, 1.807) is 26.0 Å². The second-order valence-electron chi connectivity index (χ2n) is 7.31. The first kappa shape index (κ1) is 21.3. The molecule has 1 aromatic carbocycles. The van der Waals surface area contributed by atoms with Crippen LogP contribution in [0.1, 0.15) is 33.6 Å². The first-order valence-electron chi connectivity index (χ1n) is 8.44. The molecule has 0 atom stereocenters. The average Bonchev–Trinajstić information content (AvgIpc) is 2.53. The standard InChI is InChI=1S/C18H28N4O2.ClH/c1-17(2,22-16(24)21-14-7-5-4-6-8-14)15(23)20-13-18(3)9-11-19-12-10-18;/h4-8,19H,9-13H2,1-3H3,(H,20,23)(H2,21,22,24);1H. The Morgan fingerprint density at radius 1 is 1.16 bits per heavy atom. The molecule has 0 spiro atoms. The normalized spacial score (nSPS) is 16.3. The predicted molar refractivity (Wildman–Crippen MR) is 103 cm³/mol. The van der Waals surface area contributed by atoms with Gasteiger partial charge in [0.1, 0.15) is 5.54 Å². The fraction of sp³-hybridized carbons (Fsp3) is 0.556. The van der Waals surface area contributed by atoms with Crippen molar-refractivity contribution in [2.45, 2.75) is 39.2 Å². The van der Waals surface area contributed by atoms with Gasteiger partial charge in [-0.1, -0.05) is 25.1 Å². The lowest BCUT2D eigenvalue weighted by Gasteiger charge is -2.35. The molecule has 140 valence electrons. The molecule has 1 aromatic rings. The minimum atomic E-state index is -0.984. The summed E-state index contributed by atoms with van der Waals surface area (Å²) in [7, 11) is 0. The first-order valence-corrected chi connectivity index (χ1v) is 8.44. The predicted octanol–water partition coefficient (Wildman–Crippen LogP) is 2.51. The SMILES string of the molecule is CC1(CNC(=O)C(C)(C)NC(=O)Nc2ccccc2)CCNCC1.Cl. The van der Waals surface area contributed by atoms with E-state index in [4.69, 9.17) is 0 Å². The molecule has 2 rings (SSSR count). The fourth-order valence-corrected chi connectivity index (χ4v) is 2.75. The molecule has 4 N–H and O–H groups in total. The fourth-order valence-electron chi connectivity index (χ4n) is 2.75. The lowest BCUT2D eigenvalue weighted by atomic mass is 9.81. The van der Waals surface area contributed by atoms with Crippen LogP contribution in [0.15, 0.2) is 30.3 Å². The van der Waals surface area contributed by atoms with Crippen LogP contribution < -0.4 is 21.3 Å². The van der Waals surface area contributed by atoms with Crippen LogP contribution in [-0.4, -0.2) is 37.1 Å². The van der Waals surface area contributed by atoms with Crippen molar-refractivity contribution < 1.29 is 9.59 Å². The van der Waals surface area contributed by atoms with Crippen molar-refractivity contribution in [1.29, 1.82) is 0 Å². The molecule has 1 aliphatic rings. The van der Waals surface area contributed by atoms with Crippen LogP contribution in [0.5, 0.6) is 0 Å². The molecular formula is C18H29ClN4O2. The second-order valence-corrected chi connectivity index (χ2v) is 7.31. The number of anilines is 1. The van der Waals surface area contributed by atoms with Crippen LogP contribution in [0.25, 0.3) is 0 Å². The minimum Gasteiger partial charge on any atom is -0.354 e. The van der Waals surface area contributed by atoms with Gasteiger partial charge in [-0.05, 0) is 57.3 Å². The average molecular weight is 369 g/mol. The third-order valence-electron chi connectivity index (χ3n) is 4.51. The number of hydrogen-bond acceptors (Lipinski definition) is 3. The molecule has 7 heteroatoms. The molecule has 1 aliphatic heterocycles. The van der Waals surface area contributed by atoms with Crippen LogP contribution in [0.4, 0.5) is 10.5 Å². The number of halogens is 1. The number of carbonyl (C=O) groups excluding carboxylic acids is 2. The molecule has 1 heterocycles. The zero-order chi connectivity index (χ0) is 17.6. The molecule has 0 aromatic heterocycles. The van der Waals surface area contributed by atoms with Gasteiger partial charge in [-0.15, -0.1) is 12.4 Å². The van der Waals surface area contributed by atoms with Crippen LogP contribution in [-0.2, 0) is 4.79 Å². The Hall–Kier alpha value is -1.79. The highest BCUT2D eigenvalue weighted by atomic mass is 35.5. The quantitative estimate of drug-likeness (QED) is 0.644. The first-order chi connectivity index (χ1) is 11.3. The highest BCUT2D eigenvalue weighted by molar-refractivity contribution is 5.95. The number of carbonyl (C=O) groups is 2. The van der Waals surface area contributed by atoms with E-state index in [9.17, 15) is 9.59 Å². The van der Waals surface area contributed by atoms with E-state index < -0.39 is 11.6 Å². The smallest absolute Gasteiger partial charge is 0.320 e. The molecule has 6 nitrogen and oxygen atoms in total. The van der Waals surface area contributed by atoms with Gasteiger partial charge in [0.15, 0.2) is 0 Å². The summed E-state index contributed by atoms with van der Waals surface area (Å²) >= 11 is 0. The van der Waals surface area contributed by atoms with Gasteiger partial charge in [0.2, 0.25) is 5.91 Å². The van der Waals surface area contributed by atoms with E-state index in [0.717, 1.165) is 25.9 Å². The lowest BCUT2D eigenvalue weighted by Crippen LogP contribution is -2.57. The summed E-state index contributed by atoms with van der Waals surface area (Å²) in [5, 5.41) is 11.8. The highest BCUT2D eigenvalue weighted by Gasteiger charge is 2.32. The van der Waals surface area contributed by atoms with Crippen molar-refractivity contribution in [2.75, 3.05) is 25.0 Å². The summed E-state index contributed by atoms with van der Waals surface area (Å²) in [4.78, 5) is 24.6. The van der Waals surface area contributed by atoms with Gasteiger partial charge in [0.05, 0.1) is 0 Å². The van der Waals surface area contributed by atoms with E-state index in [2.05, 4.69) is 28.2 Å². The Bertz CT molecular complexity index is 572. The number of amides is 3. The van der Waals surface area contributed by atoms with Crippen molar-refractivity contribution in [3.8, 4) is 0 Å². The van der Waals surface area contributed by atoms with Gasteiger partial charge in [0, 0.05) is 12.2 Å². The summed E-state index contributed by atoms with van der Waals surface area (Å²) in [6.07, 6.45) is 2.07. The Kier molecular flexibility index (Phi) is 7.70. The Morgan fingerprint density at radius 3 is 2.36 bits per heavy atom. The van der Waals surface area contributed by atoms with Gasteiger partial charge in [-0.3, -0.25) is 4.79 Å². The zero-order valence-electron chi connectivity index (χ0n) is 15.1. The molecule has 0 unspecified atom stereocenters. The summed E-state index contributed by atoms with van der Waals surface area (Å²) in [5.41, 5.74) is -0.181. The molecular weight excluding hydrogens is 340 g/mol. The summed E-state index contributed by atoms with van der Waals surface area (Å²) in [6, 6.07) is 8.76. The van der Waals surface area contributed by atoms with E-state index in [0.29, 0.717) is 12.2 Å². The van der Waals surface area contributed by atoms with Crippen LogP contribution in [0.2, 0.25) is 0 Å². The van der Waals surface area contributed by atoms with Crippen molar-refractivity contribution in [3.63, 3.8) is 0 Å². The topological polar surface area (TPSA) is 82.3 Å². The van der Waals surface area contributed by atoms with Crippen molar-refractivity contribution in [1.82, 2.24) is 16.0 Å². The molecule has 1 fully saturated rings. The van der Waals surface area contributed by atoms with Gasteiger partial charge in [0.25, 0.3) is 0 Å². The maximum Gasteiger partial charge on any atom is 0.320 e. The molecule has 0 bridgehead atoms. The molecule has 3 amide bonds. The van der Waals surface area contributed by atoms with Gasteiger partial charge in [-0.25, -0.2) is 4.79 Å². The van der Waals surface area contributed by atoms with Gasteiger partial charge >= 0.3 is 6.03 Å². The summed E-state index contributed by atoms with van der Waals surface area (Å²) in [5.74, 6) is -0.175. The maximum atomic E-state index is 12.5. The lowest BCUT2D eigenvalue weighted by molar-refractivity contribution is -0.126. The number of para-hydroxylation sites is 1. The Labute approximate surface area is 155 Å². The van der Waals surface area contributed by atoms with E-state index in [1.807, 2.05) is 18.2 Å². The number of hydrogen-bond donors (Lipinski definition) is 4. The van der Waals surface area contributed by atoms with Crippen LogP contribution >= 0.6 is 12.4 Å². The molecule has 0 aliphatic carbocycles. The third-order valence-corrected chi connectivity index (χ3v) is 4.51. The number of urea groups is 1. The third kappa shape index (κ3) is 6.55. The monoisotopic (exact) mass is 368 g/mol. The van der Waals surface area contributed by atoms with E-state index in [1.165, 1.54) is 0 Å². The Morgan fingerprint density at radius 2 is 1.76 bits per heavy atom. The van der Waals surface area contributed by atoms with Gasteiger partial charge < -0.3 is 21.3 Å². The number of benzene rings is 1. The molecule has 1 saturated heterocycles. The van der Waals surface area contributed by atoms with Crippen LogP contribution in [0.3, 0.4) is 0 Å². The van der Waals surface area contributed by atoms with Crippen LogP contribution in [0, 0.1) is 5.41 Å². The zero-order valence-corrected chi connectivity index (χ0v) is 16.0. The maximum absolute atomic E-state index is 12.5. The number of nitrogens with one attached hydrogen (secondary N) is 4. The largest absolute Gasteiger partial charge is 0.354 e. The van der Waals surface area contributed by atoms with Crippen molar-refractivity contribution >= 4 is 30.0 Å². The summed E-state index contributed by atoms with van der Waals surface area (Å²) in [6.45, 7) is 8.19. The molecule has 0 radical (unpaired) electrons. The van der Waals surface area contributed by atoms with E-state index in [-0.39, 0.29) is 23.7 Å². The second kappa shape index (κ2) is 9.06. The van der Waals surface area contributed by atoms with E-state index >= 15 is 0 Å².